The lowest BCUT2D eigenvalue weighted by atomic mass is 10.2. The highest BCUT2D eigenvalue weighted by atomic mass is 32.2. The van der Waals surface area contributed by atoms with Crippen LogP contribution in [0.25, 0.3) is 5.57 Å². The molecule has 0 saturated heterocycles. The quantitative estimate of drug-likeness (QED) is 0.599. The second kappa shape index (κ2) is 6.90. The fourth-order valence-electron chi connectivity index (χ4n) is 2.67. The molecule has 0 fully saturated rings. The maximum atomic E-state index is 13.2. The molecule has 1 aliphatic rings. The van der Waals surface area contributed by atoms with E-state index in [0.29, 0.717) is 16.2 Å². The number of rotatable bonds is 4. The lowest BCUT2D eigenvalue weighted by molar-refractivity contribution is -0.119. The average Bonchev–Trinajstić information content (AvgIpc) is 3.25. The fraction of sp³-hybridized carbons (Fsp3) is 0. The number of hydrogen-bond acceptors (Lipinski definition) is 4. The van der Waals surface area contributed by atoms with E-state index in [-0.39, 0.29) is 11.8 Å². The van der Waals surface area contributed by atoms with Crippen LogP contribution in [0.1, 0.15) is 4.88 Å². The largest absolute Gasteiger partial charge is 0.272 e. The first kappa shape index (κ1) is 16.8. The maximum absolute atomic E-state index is 13.2. The summed E-state index contributed by atoms with van der Waals surface area (Å²) in [5, 5.41) is 1.87. The Bertz CT molecular complexity index is 996. The van der Waals surface area contributed by atoms with Crippen molar-refractivity contribution in [1.82, 2.24) is 0 Å². The molecule has 0 radical (unpaired) electrons. The van der Waals surface area contributed by atoms with E-state index in [1.807, 2.05) is 47.8 Å². The van der Waals surface area contributed by atoms with Crippen molar-refractivity contribution < 1.29 is 14.0 Å². The van der Waals surface area contributed by atoms with Crippen LogP contribution in [0.5, 0.6) is 0 Å². The second-order valence-corrected chi connectivity index (χ2v) is 7.55. The molecule has 0 bridgehead atoms. The van der Waals surface area contributed by atoms with Gasteiger partial charge < -0.3 is 0 Å². The molecular weight excluding hydrogens is 369 g/mol. The van der Waals surface area contributed by atoms with Crippen LogP contribution in [0.3, 0.4) is 0 Å². The van der Waals surface area contributed by atoms with Gasteiger partial charge in [-0.2, -0.15) is 0 Å². The molecule has 0 saturated carbocycles. The lowest BCUT2D eigenvalue weighted by Crippen LogP contribution is -2.31. The monoisotopic (exact) mass is 381 g/mol. The lowest BCUT2D eigenvalue weighted by Gasteiger charge is -2.14. The smallest absolute Gasteiger partial charge is 0.268 e. The Morgan fingerprint density at radius 3 is 2.23 bits per heavy atom. The van der Waals surface area contributed by atoms with Gasteiger partial charge in [-0.15, -0.1) is 11.3 Å². The van der Waals surface area contributed by atoms with Gasteiger partial charge in [0.15, 0.2) is 0 Å². The minimum atomic E-state index is -0.418. The molecule has 2 aromatic carbocycles. The summed E-state index contributed by atoms with van der Waals surface area (Å²) in [6, 6.07) is 18.5. The zero-order valence-corrected chi connectivity index (χ0v) is 15.0. The second-order valence-electron chi connectivity index (χ2n) is 5.52. The van der Waals surface area contributed by atoms with E-state index in [4.69, 9.17) is 0 Å². The number of hydrogen-bond donors (Lipinski definition) is 0. The van der Waals surface area contributed by atoms with Crippen LogP contribution in [0.15, 0.2) is 81.9 Å². The molecule has 0 atom stereocenters. The van der Waals surface area contributed by atoms with Gasteiger partial charge in [0.25, 0.3) is 11.8 Å². The first-order chi connectivity index (χ1) is 12.6. The van der Waals surface area contributed by atoms with Crippen LogP contribution in [-0.4, -0.2) is 11.8 Å². The molecule has 2 heterocycles. The van der Waals surface area contributed by atoms with Crippen LogP contribution < -0.4 is 4.90 Å². The van der Waals surface area contributed by atoms with Crippen molar-refractivity contribution in [3.05, 3.63) is 87.7 Å². The summed E-state index contributed by atoms with van der Waals surface area (Å²) >= 11 is 2.68. The molecule has 0 spiro atoms. The van der Waals surface area contributed by atoms with Crippen molar-refractivity contribution in [3.63, 3.8) is 0 Å². The molecule has 2 amide bonds. The summed E-state index contributed by atoms with van der Waals surface area (Å²) < 4.78 is 13.2. The van der Waals surface area contributed by atoms with Gasteiger partial charge >= 0.3 is 0 Å². The number of carbonyl (C=O) groups is 2. The Morgan fingerprint density at radius 1 is 0.846 bits per heavy atom. The summed E-state index contributed by atoms with van der Waals surface area (Å²) in [6.45, 7) is 0. The third-order valence-electron chi connectivity index (χ3n) is 3.86. The van der Waals surface area contributed by atoms with Crippen LogP contribution in [0.2, 0.25) is 0 Å². The summed E-state index contributed by atoms with van der Waals surface area (Å²) in [4.78, 5) is 29.2. The van der Waals surface area contributed by atoms with Gasteiger partial charge in [0.05, 0.1) is 16.2 Å². The predicted molar refractivity (Wildman–Crippen MR) is 102 cm³/mol. The number of amides is 2. The summed E-state index contributed by atoms with van der Waals surface area (Å²) in [5.41, 5.74) is 0.752. The Morgan fingerprint density at radius 2 is 1.58 bits per heavy atom. The first-order valence-corrected chi connectivity index (χ1v) is 9.50. The highest BCUT2D eigenvalue weighted by Gasteiger charge is 2.40. The van der Waals surface area contributed by atoms with Gasteiger partial charge in [-0.05, 0) is 47.8 Å². The molecule has 26 heavy (non-hydrogen) atoms. The fourth-order valence-corrected chi connectivity index (χ4v) is 4.51. The number of nitrogens with zero attached hydrogens (tertiary/aromatic N) is 1. The van der Waals surface area contributed by atoms with Crippen molar-refractivity contribution in [1.29, 1.82) is 0 Å². The number of anilines is 1. The van der Waals surface area contributed by atoms with Gasteiger partial charge in [0.2, 0.25) is 0 Å². The third-order valence-corrected chi connectivity index (χ3v) is 5.83. The van der Waals surface area contributed by atoms with Crippen molar-refractivity contribution in [2.24, 2.45) is 0 Å². The summed E-state index contributed by atoms with van der Waals surface area (Å²) in [7, 11) is 0. The van der Waals surface area contributed by atoms with Gasteiger partial charge in [-0.1, -0.05) is 36.0 Å². The molecule has 3 nitrogen and oxygen atoms in total. The molecule has 0 aliphatic carbocycles. The zero-order valence-electron chi connectivity index (χ0n) is 13.4. The van der Waals surface area contributed by atoms with Gasteiger partial charge in [-0.25, -0.2) is 9.29 Å². The molecule has 1 aliphatic heterocycles. The van der Waals surface area contributed by atoms with Crippen LogP contribution in [0.4, 0.5) is 10.1 Å². The van der Waals surface area contributed by atoms with E-state index >= 15 is 0 Å². The van der Waals surface area contributed by atoms with Gasteiger partial charge in [0, 0.05) is 9.77 Å². The third kappa shape index (κ3) is 2.98. The SMILES string of the molecule is O=C1C(Sc2ccccc2)=C(c2cccs2)C(=O)N1c1ccc(F)cc1. The number of thioether (sulfide) groups is 1. The minimum absolute atomic E-state index is 0.360. The summed E-state index contributed by atoms with van der Waals surface area (Å²) in [5.74, 6) is -1.19. The molecule has 0 unspecified atom stereocenters. The van der Waals surface area contributed by atoms with Crippen molar-refractivity contribution in [2.45, 2.75) is 4.90 Å². The highest BCUT2D eigenvalue weighted by molar-refractivity contribution is 8.04. The standard InChI is InChI=1S/C20H12FNO2S2/c21-13-8-10-14(11-9-13)22-19(23)17(16-7-4-12-25-16)18(20(22)24)26-15-5-2-1-3-6-15/h1-12H. The zero-order chi connectivity index (χ0) is 18.1. The maximum Gasteiger partial charge on any atom is 0.272 e. The van der Waals surface area contributed by atoms with Crippen molar-refractivity contribution in [2.75, 3.05) is 4.90 Å². The average molecular weight is 381 g/mol. The normalized spacial score (nSPS) is 14.4. The van der Waals surface area contributed by atoms with Crippen molar-refractivity contribution in [3.8, 4) is 0 Å². The van der Waals surface area contributed by atoms with Gasteiger partial charge in [-0.3, -0.25) is 9.59 Å². The van der Waals surface area contributed by atoms with E-state index in [1.165, 1.54) is 47.4 Å². The van der Waals surface area contributed by atoms with E-state index in [0.717, 1.165) is 14.7 Å². The molecule has 4 rings (SSSR count). The molecule has 128 valence electrons. The molecule has 3 aromatic rings. The number of carbonyl (C=O) groups excluding carboxylic acids is 2. The first-order valence-electron chi connectivity index (χ1n) is 7.80. The van der Waals surface area contributed by atoms with Crippen molar-refractivity contribution >= 4 is 46.2 Å². The Kier molecular flexibility index (Phi) is 4.44. The van der Waals surface area contributed by atoms with Gasteiger partial charge in [0.1, 0.15) is 5.82 Å². The molecular formula is C20H12FNO2S2. The number of halogens is 1. The summed E-state index contributed by atoms with van der Waals surface area (Å²) in [6.07, 6.45) is 0. The minimum Gasteiger partial charge on any atom is -0.268 e. The van der Waals surface area contributed by atoms with E-state index in [9.17, 15) is 14.0 Å². The van der Waals surface area contributed by atoms with E-state index < -0.39 is 5.82 Å². The molecule has 1 aromatic heterocycles. The predicted octanol–water partition coefficient (Wildman–Crippen LogP) is 4.96. The number of imide groups is 1. The van der Waals surface area contributed by atoms with Crippen LogP contribution in [0, 0.1) is 5.82 Å². The van der Waals surface area contributed by atoms with Crippen LogP contribution in [-0.2, 0) is 9.59 Å². The van der Waals surface area contributed by atoms with Crippen LogP contribution >= 0.6 is 23.1 Å². The highest BCUT2D eigenvalue weighted by Crippen LogP contribution is 2.42. The van der Waals surface area contributed by atoms with E-state index in [2.05, 4.69) is 0 Å². The Balaban J connectivity index is 1.79. The molecule has 0 N–H and O–H groups in total. The Labute approximate surface area is 157 Å². The molecule has 6 heteroatoms. The van der Waals surface area contributed by atoms with E-state index in [1.54, 1.807) is 0 Å². The Hall–Kier alpha value is -2.70. The topological polar surface area (TPSA) is 37.4 Å². The number of thiophene rings is 1. The number of benzene rings is 2.